The van der Waals surface area contributed by atoms with Crippen molar-refractivity contribution in [3.05, 3.63) is 0 Å². The Kier molecular flexibility index (Phi) is 5.47. The van der Waals surface area contributed by atoms with Crippen molar-refractivity contribution in [2.45, 2.75) is 50.2 Å². The summed E-state index contributed by atoms with van der Waals surface area (Å²) in [7, 11) is 2.47. The minimum absolute atomic E-state index is 0.241. The van der Waals surface area contributed by atoms with Crippen LogP contribution in [0.25, 0.3) is 0 Å². The van der Waals surface area contributed by atoms with E-state index in [-0.39, 0.29) is 6.42 Å². The van der Waals surface area contributed by atoms with E-state index in [1.807, 2.05) is 0 Å². The predicted molar refractivity (Wildman–Crippen MR) is 69.9 cm³/mol. The average Bonchev–Trinajstić information content (AvgIpc) is 2.35. The number of rotatable bonds is 4. The van der Waals surface area contributed by atoms with E-state index in [1.165, 1.54) is 11.9 Å². The fourth-order valence-electron chi connectivity index (χ4n) is 2.92. The van der Waals surface area contributed by atoms with Crippen LogP contribution in [0.1, 0.15) is 38.5 Å². The van der Waals surface area contributed by atoms with Crippen molar-refractivity contribution >= 4 is 12.0 Å². The van der Waals surface area contributed by atoms with Crippen molar-refractivity contribution in [2.75, 3.05) is 20.6 Å². The van der Waals surface area contributed by atoms with Gasteiger partial charge in [0.15, 0.2) is 0 Å². The van der Waals surface area contributed by atoms with E-state index in [0.717, 1.165) is 26.3 Å². The minimum Gasteiger partial charge on any atom is -0.481 e. The number of carboxylic acids is 1. The van der Waals surface area contributed by atoms with Gasteiger partial charge in [0.1, 0.15) is 6.54 Å². The van der Waals surface area contributed by atoms with E-state index >= 15 is 0 Å². The third-order valence-corrected chi connectivity index (χ3v) is 4.01. The molecule has 1 aliphatic rings. The molecule has 1 saturated carbocycles. The van der Waals surface area contributed by atoms with Gasteiger partial charge in [-0.05, 0) is 12.8 Å². The Balaban J connectivity index is 2.86. The summed E-state index contributed by atoms with van der Waals surface area (Å²) in [4.78, 5) is 25.0. The van der Waals surface area contributed by atoms with Gasteiger partial charge in [-0.15, -0.1) is 0 Å². The second kappa shape index (κ2) is 6.53. The molecule has 21 heavy (non-hydrogen) atoms. The molecule has 5 nitrogen and oxygen atoms in total. The van der Waals surface area contributed by atoms with E-state index in [2.05, 4.69) is 0 Å². The lowest BCUT2D eigenvalue weighted by molar-refractivity contribution is -0.143. The van der Waals surface area contributed by atoms with Crippen LogP contribution in [0.15, 0.2) is 0 Å². The fraction of sp³-hybridized carbons (Fsp3) is 0.846. The molecule has 0 heterocycles. The highest BCUT2D eigenvalue weighted by Crippen LogP contribution is 2.36. The van der Waals surface area contributed by atoms with Crippen LogP contribution in [0.4, 0.5) is 18.0 Å². The lowest BCUT2D eigenvalue weighted by atomic mass is 9.78. The molecule has 1 fully saturated rings. The van der Waals surface area contributed by atoms with Gasteiger partial charge in [-0.2, -0.15) is 13.2 Å². The topological polar surface area (TPSA) is 60.9 Å². The molecule has 0 bridgehead atoms. The van der Waals surface area contributed by atoms with E-state index in [1.54, 1.807) is 0 Å². The third kappa shape index (κ3) is 4.78. The summed E-state index contributed by atoms with van der Waals surface area (Å²) in [6.07, 6.45) is -1.22. The lowest BCUT2D eigenvalue weighted by Gasteiger charge is -2.45. The molecule has 0 aliphatic heterocycles. The molecular weight excluding hydrogens is 289 g/mol. The van der Waals surface area contributed by atoms with Crippen molar-refractivity contribution in [3.63, 3.8) is 0 Å². The standard InChI is InChI=1S/C13H21F3N2O3/c1-17(9-13(14,15)16)11(21)18(2)12(8-10(19)20)6-4-3-5-7-12/h3-9H2,1-2H3,(H,19,20). The molecule has 1 rings (SSSR count). The Bertz CT molecular complexity index is 393. The van der Waals surface area contributed by atoms with Crippen LogP contribution in [0.5, 0.6) is 0 Å². The van der Waals surface area contributed by atoms with Crippen LogP contribution in [0, 0.1) is 0 Å². The van der Waals surface area contributed by atoms with E-state index in [4.69, 9.17) is 5.11 Å². The third-order valence-electron chi connectivity index (χ3n) is 4.01. The lowest BCUT2D eigenvalue weighted by Crippen LogP contribution is -2.56. The summed E-state index contributed by atoms with van der Waals surface area (Å²) < 4.78 is 37.1. The number of aliphatic carboxylic acids is 1. The van der Waals surface area contributed by atoms with Crippen LogP contribution < -0.4 is 0 Å². The Morgan fingerprint density at radius 1 is 1.14 bits per heavy atom. The van der Waals surface area contributed by atoms with Crippen molar-refractivity contribution in [2.24, 2.45) is 0 Å². The first-order valence-electron chi connectivity index (χ1n) is 6.85. The number of hydrogen-bond acceptors (Lipinski definition) is 2. The molecule has 0 aromatic carbocycles. The summed E-state index contributed by atoms with van der Waals surface area (Å²) in [6, 6.07) is -0.796. The Morgan fingerprint density at radius 3 is 2.10 bits per heavy atom. The maximum Gasteiger partial charge on any atom is 0.406 e. The zero-order chi connectivity index (χ0) is 16.3. The second-order valence-corrected chi connectivity index (χ2v) is 5.67. The van der Waals surface area contributed by atoms with Crippen LogP contribution in [-0.2, 0) is 4.79 Å². The molecule has 0 saturated heterocycles. The van der Waals surface area contributed by atoms with Crippen LogP contribution in [-0.4, -0.2) is 59.3 Å². The zero-order valence-corrected chi connectivity index (χ0v) is 12.2. The summed E-state index contributed by atoms with van der Waals surface area (Å²) in [6.45, 7) is -1.35. The van der Waals surface area contributed by atoms with Gasteiger partial charge in [-0.1, -0.05) is 19.3 Å². The van der Waals surface area contributed by atoms with Gasteiger partial charge in [0, 0.05) is 14.1 Å². The van der Waals surface area contributed by atoms with Crippen molar-refractivity contribution < 1.29 is 27.9 Å². The number of alkyl halides is 3. The van der Waals surface area contributed by atoms with Gasteiger partial charge in [-0.3, -0.25) is 4.79 Å². The molecule has 0 aromatic heterocycles. The second-order valence-electron chi connectivity index (χ2n) is 5.67. The number of carbonyl (C=O) groups excluding carboxylic acids is 1. The van der Waals surface area contributed by atoms with Crippen molar-refractivity contribution in [1.82, 2.24) is 9.80 Å². The summed E-state index contributed by atoms with van der Waals surface area (Å²) in [5.41, 5.74) is -0.888. The average molecular weight is 310 g/mol. The SMILES string of the molecule is CN(CC(F)(F)F)C(=O)N(C)C1(CC(=O)O)CCCCC1. The van der Waals surface area contributed by atoms with Crippen molar-refractivity contribution in [3.8, 4) is 0 Å². The molecule has 0 unspecified atom stereocenters. The van der Waals surface area contributed by atoms with Gasteiger partial charge in [0.2, 0.25) is 0 Å². The molecular formula is C13H21F3N2O3. The zero-order valence-electron chi connectivity index (χ0n) is 12.2. The molecule has 0 atom stereocenters. The largest absolute Gasteiger partial charge is 0.481 e. The highest BCUT2D eigenvalue weighted by molar-refractivity contribution is 5.76. The molecule has 0 spiro atoms. The first-order valence-corrected chi connectivity index (χ1v) is 6.85. The van der Waals surface area contributed by atoms with Gasteiger partial charge in [0.25, 0.3) is 0 Å². The molecule has 1 aliphatic carbocycles. The fourth-order valence-corrected chi connectivity index (χ4v) is 2.92. The predicted octanol–water partition coefficient (Wildman–Crippen LogP) is 2.71. The summed E-state index contributed by atoms with van der Waals surface area (Å²) in [5, 5.41) is 9.06. The number of carboxylic acid groups (broad SMARTS) is 1. The number of halogens is 3. The van der Waals surface area contributed by atoms with Crippen LogP contribution >= 0.6 is 0 Å². The molecule has 0 aromatic rings. The number of carbonyl (C=O) groups is 2. The minimum atomic E-state index is -4.47. The first kappa shape index (κ1) is 17.6. The maximum absolute atomic E-state index is 12.4. The van der Waals surface area contributed by atoms with Gasteiger partial charge < -0.3 is 14.9 Å². The quantitative estimate of drug-likeness (QED) is 0.868. The van der Waals surface area contributed by atoms with E-state index < -0.39 is 30.3 Å². The highest BCUT2D eigenvalue weighted by Gasteiger charge is 2.42. The monoisotopic (exact) mass is 310 g/mol. The smallest absolute Gasteiger partial charge is 0.406 e. The van der Waals surface area contributed by atoms with Gasteiger partial charge in [-0.25, -0.2) is 4.79 Å². The van der Waals surface area contributed by atoms with Crippen LogP contribution in [0.3, 0.4) is 0 Å². The molecule has 2 amide bonds. The first-order chi connectivity index (χ1) is 9.57. The maximum atomic E-state index is 12.4. The Labute approximate surface area is 121 Å². The highest BCUT2D eigenvalue weighted by atomic mass is 19.4. The molecule has 8 heteroatoms. The number of amides is 2. The molecule has 122 valence electrons. The van der Waals surface area contributed by atoms with Crippen molar-refractivity contribution in [1.29, 1.82) is 0 Å². The number of urea groups is 1. The normalized spacial score (nSPS) is 18.1. The number of hydrogen-bond donors (Lipinski definition) is 1. The van der Waals surface area contributed by atoms with Crippen LogP contribution in [0.2, 0.25) is 0 Å². The number of nitrogens with zero attached hydrogens (tertiary/aromatic N) is 2. The summed E-state index contributed by atoms with van der Waals surface area (Å²) in [5.74, 6) is -1.05. The Hall–Kier alpha value is -1.47. The van der Waals surface area contributed by atoms with Gasteiger partial charge >= 0.3 is 18.2 Å². The summed E-state index contributed by atoms with van der Waals surface area (Å²) >= 11 is 0. The molecule has 0 radical (unpaired) electrons. The van der Waals surface area contributed by atoms with E-state index in [9.17, 15) is 22.8 Å². The van der Waals surface area contributed by atoms with E-state index in [0.29, 0.717) is 17.7 Å². The molecule has 1 N–H and O–H groups in total. The Morgan fingerprint density at radius 2 is 1.67 bits per heavy atom. The van der Waals surface area contributed by atoms with Gasteiger partial charge in [0.05, 0.1) is 12.0 Å².